The van der Waals surface area contributed by atoms with Gasteiger partial charge in [0.2, 0.25) is 11.8 Å². The second kappa shape index (κ2) is 10.1. The molecule has 0 aromatic heterocycles. The molecule has 1 heterocycles. The van der Waals surface area contributed by atoms with Crippen molar-refractivity contribution in [2.45, 2.75) is 25.5 Å². The van der Waals surface area contributed by atoms with Crippen molar-refractivity contribution < 1.29 is 14.3 Å². The normalized spacial score (nSPS) is 17.3. The minimum absolute atomic E-state index is 0.0667. The smallest absolute Gasteiger partial charge is 0.242 e. The predicted octanol–water partition coefficient (Wildman–Crippen LogP) is 4.54. The summed E-state index contributed by atoms with van der Waals surface area (Å²) in [5.74, 6) is 0.391. The Bertz CT molecular complexity index is 939. The van der Waals surface area contributed by atoms with Crippen LogP contribution in [-0.2, 0) is 9.59 Å². The number of ether oxygens (including phenoxy) is 1. The first-order valence-corrected chi connectivity index (χ1v) is 10.6. The molecule has 0 radical (unpaired) electrons. The van der Waals surface area contributed by atoms with Gasteiger partial charge in [0.1, 0.15) is 11.0 Å². The van der Waals surface area contributed by atoms with Gasteiger partial charge >= 0.3 is 0 Å². The van der Waals surface area contributed by atoms with Crippen LogP contribution in [0, 0.1) is 6.92 Å². The second-order valence-corrected chi connectivity index (χ2v) is 7.95. The maximum absolute atomic E-state index is 12.8. The largest absolute Gasteiger partial charge is 0.494 e. The van der Waals surface area contributed by atoms with E-state index in [9.17, 15) is 9.59 Å². The summed E-state index contributed by atoms with van der Waals surface area (Å²) in [4.78, 5) is 31.5. The Morgan fingerprint density at radius 1 is 1.23 bits per heavy atom. The molecule has 7 heteroatoms. The van der Waals surface area contributed by atoms with Crippen molar-refractivity contribution in [3.8, 4) is 5.75 Å². The first-order chi connectivity index (χ1) is 14.5. The summed E-state index contributed by atoms with van der Waals surface area (Å²) in [6.45, 7) is 8.59. The van der Waals surface area contributed by atoms with Crippen LogP contribution in [-0.4, -0.2) is 40.3 Å². The van der Waals surface area contributed by atoms with Gasteiger partial charge in [0.05, 0.1) is 12.3 Å². The van der Waals surface area contributed by atoms with Gasteiger partial charge in [-0.2, -0.15) is 0 Å². The van der Waals surface area contributed by atoms with Gasteiger partial charge in [-0.25, -0.2) is 4.99 Å². The molecule has 2 aromatic carbocycles. The van der Waals surface area contributed by atoms with Crippen molar-refractivity contribution in [2.24, 2.45) is 4.99 Å². The highest BCUT2D eigenvalue weighted by Crippen LogP contribution is 2.32. The molecular formula is C23H25N3O3S. The first-order valence-electron chi connectivity index (χ1n) is 9.77. The van der Waals surface area contributed by atoms with Crippen LogP contribution in [0.25, 0.3) is 0 Å². The molecule has 0 saturated carbocycles. The highest BCUT2D eigenvalue weighted by Gasteiger charge is 2.38. The molecule has 1 fully saturated rings. The molecule has 3 rings (SSSR count). The van der Waals surface area contributed by atoms with E-state index >= 15 is 0 Å². The van der Waals surface area contributed by atoms with Crippen LogP contribution in [0.2, 0.25) is 0 Å². The fourth-order valence-corrected chi connectivity index (χ4v) is 4.10. The van der Waals surface area contributed by atoms with Gasteiger partial charge in [-0.15, -0.1) is 6.58 Å². The number of rotatable bonds is 8. The highest BCUT2D eigenvalue weighted by atomic mass is 32.2. The maximum Gasteiger partial charge on any atom is 0.242 e. The number of hydrogen-bond acceptors (Lipinski definition) is 5. The molecule has 30 heavy (non-hydrogen) atoms. The Balaban J connectivity index is 1.67. The summed E-state index contributed by atoms with van der Waals surface area (Å²) in [5.41, 5.74) is 2.57. The summed E-state index contributed by atoms with van der Waals surface area (Å²) in [6, 6.07) is 14.9. The average molecular weight is 424 g/mol. The van der Waals surface area contributed by atoms with E-state index < -0.39 is 5.25 Å². The number of aryl methyl sites for hydroxylation is 1. The molecule has 1 saturated heterocycles. The van der Waals surface area contributed by atoms with E-state index in [0.29, 0.717) is 24.0 Å². The molecule has 1 aliphatic rings. The zero-order valence-corrected chi connectivity index (χ0v) is 17.9. The molecule has 0 bridgehead atoms. The lowest BCUT2D eigenvalue weighted by atomic mass is 10.2. The first kappa shape index (κ1) is 21.6. The molecular weight excluding hydrogens is 398 g/mol. The van der Waals surface area contributed by atoms with E-state index in [1.165, 1.54) is 11.8 Å². The van der Waals surface area contributed by atoms with Crippen LogP contribution < -0.4 is 10.1 Å². The molecule has 156 valence electrons. The van der Waals surface area contributed by atoms with Crippen molar-refractivity contribution in [2.75, 3.05) is 18.5 Å². The molecule has 0 aliphatic carbocycles. The molecule has 6 nitrogen and oxygen atoms in total. The van der Waals surface area contributed by atoms with Gasteiger partial charge < -0.3 is 10.1 Å². The summed E-state index contributed by atoms with van der Waals surface area (Å²) in [5, 5.41) is 2.91. The third-order valence-electron chi connectivity index (χ3n) is 4.41. The lowest BCUT2D eigenvalue weighted by Gasteiger charge is -2.14. The number of nitrogens with zero attached hydrogens (tertiary/aromatic N) is 2. The van der Waals surface area contributed by atoms with Gasteiger partial charge in [0, 0.05) is 18.7 Å². The van der Waals surface area contributed by atoms with Crippen LogP contribution in [0.1, 0.15) is 18.9 Å². The van der Waals surface area contributed by atoms with E-state index in [1.54, 1.807) is 35.2 Å². The standard InChI is InChI=1S/C23H25N3O3S/c1-4-14-26-22(28)20(30-23(26)25-18-8-6-16(3)7-9-18)15-21(27)24-17-10-12-19(13-11-17)29-5-2/h4,6-13,20H,1,5,14-15H2,2-3H3,(H,24,27)/t20-/m1/s1. The van der Waals surface area contributed by atoms with Crippen molar-refractivity contribution in [1.29, 1.82) is 0 Å². The fourth-order valence-electron chi connectivity index (χ4n) is 2.93. The Labute approximate surface area is 181 Å². The van der Waals surface area contributed by atoms with Crippen molar-refractivity contribution in [1.82, 2.24) is 4.90 Å². The Morgan fingerprint density at radius 2 is 1.93 bits per heavy atom. The second-order valence-electron chi connectivity index (χ2n) is 6.78. The minimum Gasteiger partial charge on any atom is -0.494 e. The number of anilines is 1. The van der Waals surface area contributed by atoms with Crippen molar-refractivity contribution >= 4 is 40.1 Å². The Morgan fingerprint density at radius 3 is 2.57 bits per heavy atom. The number of benzene rings is 2. The Hall–Kier alpha value is -3.06. The number of amidine groups is 1. The van der Waals surface area contributed by atoms with Gasteiger partial charge in [-0.3, -0.25) is 14.5 Å². The molecule has 2 amide bonds. The lowest BCUT2D eigenvalue weighted by molar-refractivity contribution is -0.127. The Kier molecular flexibility index (Phi) is 7.30. The van der Waals surface area contributed by atoms with Crippen LogP contribution in [0.3, 0.4) is 0 Å². The SMILES string of the molecule is C=CCN1C(=O)[C@@H](CC(=O)Nc2ccc(OCC)cc2)SC1=Nc1ccc(C)cc1. The highest BCUT2D eigenvalue weighted by molar-refractivity contribution is 8.15. The van der Waals surface area contributed by atoms with Crippen LogP contribution in [0.4, 0.5) is 11.4 Å². The quantitative estimate of drug-likeness (QED) is 0.633. The molecule has 0 spiro atoms. The topological polar surface area (TPSA) is 71.0 Å². The van der Waals surface area contributed by atoms with Crippen molar-refractivity contribution in [3.05, 3.63) is 66.7 Å². The lowest BCUT2D eigenvalue weighted by Crippen LogP contribution is -2.33. The van der Waals surface area contributed by atoms with Crippen LogP contribution >= 0.6 is 11.8 Å². The average Bonchev–Trinajstić information content (AvgIpc) is 3.00. The van der Waals surface area contributed by atoms with E-state index in [0.717, 1.165) is 17.0 Å². The van der Waals surface area contributed by atoms with Gasteiger partial charge in [0.25, 0.3) is 0 Å². The predicted molar refractivity (Wildman–Crippen MR) is 122 cm³/mol. The van der Waals surface area contributed by atoms with E-state index in [-0.39, 0.29) is 18.2 Å². The minimum atomic E-state index is -0.517. The summed E-state index contributed by atoms with van der Waals surface area (Å²) in [7, 11) is 0. The zero-order chi connectivity index (χ0) is 21.5. The summed E-state index contributed by atoms with van der Waals surface area (Å²) < 4.78 is 5.40. The third kappa shape index (κ3) is 5.51. The molecule has 1 aliphatic heterocycles. The number of thioether (sulfide) groups is 1. The number of aliphatic imine (C=N–C) groups is 1. The van der Waals surface area contributed by atoms with E-state index in [1.807, 2.05) is 38.1 Å². The van der Waals surface area contributed by atoms with Gasteiger partial charge in [0.15, 0.2) is 5.17 Å². The number of nitrogens with one attached hydrogen (secondary N) is 1. The zero-order valence-electron chi connectivity index (χ0n) is 17.1. The third-order valence-corrected chi connectivity index (χ3v) is 5.59. The van der Waals surface area contributed by atoms with Crippen molar-refractivity contribution in [3.63, 3.8) is 0 Å². The van der Waals surface area contributed by atoms with Crippen LogP contribution in [0.5, 0.6) is 5.75 Å². The van der Waals surface area contributed by atoms with Crippen LogP contribution in [0.15, 0.2) is 66.2 Å². The fraction of sp³-hybridized carbons (Fsp3) is 0.261. The van der Waals surface area contributed by atoms with E-state index in [2.05, 4.69) is 16.9 Å². The number of carbonyl (C=O) groups excluding carboxylic acids is 2. The number of amides is 2. The van der Waals surface area contributed by atoms with E-state index in [4.69, 9.17) is 4.74 Å². The molecule has 2 aromatic rings. The molecule has 0 unspecified atom stereocenters. The monoisotopic (exact) mass is 423 g/mol. The molecule has 1 atom stereocenters. The summed E-state index contributed by atoms with van der Waals surface area (Å²) >= 11 is 1.31. The number of hydrogen-bond donors (Lipinski definition) is 1. The summed E-state index contributed by atoms with van der Waals surface area (Å²) in [6.07, 6.45) is 1.72. The maximum atomic E-state index is 12.8. The number of carbonyl (C=O) groups is 2. The van der Waals surface area contributed by atoms with Gasteiger partial charge in [-0.05, 0) is 50.2 Å². The molecule has 1 N–H and O–H groups in total. The van der Waals surface area contributed by atoms with Gasteiger partial charge in [-0.1, -0.05) is 35.5 Å².